The summed E-state index contributed by atoms with van der Waals surface area (Å²) in [6.45, 7) is 4.26. The summed E-state index contributed by atoms with van der Waals surface area (Å²) in [6.07, 6.45) is 1.36. The van der Waals surface area contributed by atoms with E-state index in [2.05, 4.69) is 15.3 Å². The number of amides is 1. The monoisotopic (exact) mass is 384 g/mol. The number of aromatic nitrogens is 2. The number of aryl methyl sites for hydroxylation is 1. The van der Waals surface area contributed by atoms with Crippen LogP contribution in [0.15, 0.2) is 30.3 Å². The topological polar surface area (TPSA) is 85.8 Å². The van der Waals surface area contributed by atoms with Gasteiger partial charge in [0.1, 0.15) is 11.4 Å². The first-order valence-electron chi connectivity index (χ1n) is 9.41. The van der Waals surface area contributed by atoms with Gasteiger partial charge in [-0.1, -0.05) is 6.07 Å². The largest absolute Gasteiger partial charge is 0.497 e. The van der Waals surface area contributed by atoms with E-state index >= 15 is 0 Å². The fourth-order valence-corrected chi connectivity index (χ4v) is 3.56. The maximum absolute atomic E-state index is 13.0. The minimum atomic E-state index is -0.503. The third-order valence-corrected chi connectivity index (χ3v) is 5.03. The van der Waals surface area contributed by atoms with Crippen molar-refractivity contribution in [3.05, 3.63) is 41.7 Å². The molecule has 2 aliphatic heterocycles. The van der Waals surface area contributed by atoms with E-state index in [0.29, 0.717) is 50.8 Å². The Morgan fingerprint density at radius 3 is 2.64 bits per heavy atom. The smallest absolute Gasteiger partial charge is 0.272 e. The van der Waals surface area contributed by atoms with E-state index in [1.54, 1.807) is 18.1 Å². The minimum absolute atomic E-state index is 0.105. The van der Waals surface area contributed by atoms with Gasteiger partial charge in [0.2, 0.25) is 5.95 Å². The molecular weight excluding hydrogens is 360 g/mol. The summed E-state index contributed by atoms with van der Waals surface area (Å²) in [5, 5.41) is 3.14. The number of nitrogens with one attached hydrogen (secondary N) is 1. The van der Waals surface area contributed by atoms with E-state index in [1.807, 2.05) is 31.2 Å². The zero-order chi connectivity index (χ0) is 19.6. The molecule has 0 unspecified atom stereocenters. The molecule has 2 fully saturated rings. The van der Waals surface area contributed by atoms with Gasteiger partial charge in [-0.25, -0.2) is 9.97 Å². The first kappa shape index (κ1) is 18.6. The van der Waals surface area contributed by atoms with Gasteiger partial charge in [-0.05, 0) is 25.1 Å². The maximum Gasteiger partial charge on any atom is 0.272 e. The van der Waals surface area contributed by atoms with Crippen molar-refractivity contribution in [1.82, 2.24) is 14.9 Å². The molecule has 3 heterocycles. The van der Waals surface area contributed by atoms with E-state index < -0.39 is 5.79 Å². The molecule has 28 heavy (non-hydrogen) atoms. The molecule has 2 saturated heterocycles. The number of anilines is 2. The Hall–Kier alpha value is -2.71. The van der Waals surface area contributed by atoms with Crippen LogP contribution in [-0.4, -0.2) is 60.0 Å². The predicted molar refractivity (Wildman–Crippen MR) is 103 cm³/mol. The Bertz CT molecular complexity index is 857. The summed E-state index contributed by atoms with van der Waals surface area (Å²) in [5.41, 5.74) is 1.89. The predicted octanol–water partition coefficient (Wildman–Crippen LogP) is 2.52. The number of carbonyl (C=O) groups is 1. The third kappa shape index (κ3) is 3.93. The Labute approximate surface area is 163 Å². The molecule has 1 aromatic heterocycles. The number of rotatable bonds is 4. The van der Waals surface area contributed by atoms with Crippen molar-refractivity contribution in [2.24, 2.45) is 0 Å². The van der Waals surface area contributed by atoms with Crippen molar-refractivity contribution in [2.45, 2.75) is 25.6 Å². The quantitative estimate of drug-likeness (QED) is 0.867. The first-order chi connectivity index (χ1) is 13.6. The summed E-state index contributed by atoms with van der Waals surface area (Å²) in [5.74, 6) is 0.504. The number of hydrogen-bond donors (Lipinski definition) is 1. The molecule has 1 N–H and O–H groups in total. The average Bonchev–Trinajstić information content (AvgIpc) is 3.15. The number of hydrogen-bond acceptors (Lipinski definition) is 7. The summed E-state index contributed by atoms with van der Waals surface area (Å²) in [7, 11) is 1.61. The molecule has 8 nitrogen and oxygen atoms in total. The van der Waals surface area contributed by atoms with Crippen LogP contribution in [0, 0.1) is 6.92 Å². The Morgan fingerprint density at radius 1 is 1.18 bits per heavy atom. The fourth-order valence-electron chi connectivity index (χ4n) is 3.56. The lowest BCUT2D eigenvalue weighted by molar-refractivity contribution is -0.181. The Balaban J connectivity index is 1.48. The number of likely N-dealkylation sites (tertiary alicyclic amines) is 1. The van der Waals surface area contributed by atoms with Crippen molar-refractivity contribution < 1.29 is 19.0 Å². The molecule has 0 bridgehead atoms. The summed E-state index contributed by atoms with van der Waals surface area (Å²) < 4.78 is 16.7. The van der Waals surface area contributed by atoms with Crippen molar-refractivity contribution in [3.8, 4) is 5.75 Å². The lowest BCUT2D eigenvalue weighted by Gasteiger charge is -2.37. The average molecular weight is 384 g/mol. The molecule has 1 aromatic carbocycles. The van der Waals surface area contributed by atoms with Gasteiger partial charge in [0.05, 0.1) is 20.3 Å². The highest BCUT2D eigenvalue weighted by atomic mass is 16.7. The highest BCUT2D eigenvalue weighted by Gasteiger charge is 2.41. The van der Waals surface area contributed by atoms with E-state index in [1.165, 1.54) is 0 Å². The van der Waals surface area contributed by atoms with Gasteiger partial charge in [-0.15, -0.1) is 0 Å². The van der Waals surface area contributed by atoms with Crippen LogP contribution in [0.3, 0.4) is 0 Å². The van der Waals surface area contributed by atoms with Crippen LogP contribution in [-0.2, 0) is 9.47 Å². The number of piperidine rings is 1. The van der Waals surface area contributed by atoms with Crippen LogP contribution in [0.5, 0.6) is 5.75 Å². The number of nitrogens with zero attached hydrogens (tertiary/aromatic N) is 3. The molecule has 148 valence electrons. The van der Waals surface area contributed by atoms with Crippen LogP contribution in [0.1, 0.15) is 29.0 Å². The van der Waals surface area contributed by atoms with E-state index in [-0.39, 0.29) is 5.91 Å². The standard InChI is InChI=1S/C20H24N4O4/c1-14-12-17(18(25)24-8-6-20(7-9-24)27-10-11-28-20)23-19(21-14)22-15-4-3-5-16(13-15)26-2/h3-5,12-13H,6-11H2,1-2H3,(H,21,22,23). The van der Waals surface area contributed by atoms with Gasteiger partial charge in [-0.3, -0.25) is 4.79 Å². The number of carbonyl (C=O) groups excluding carboxylic acids is 1. The summed E-state index contributed by atoms with van der Waals surface area (Å²) in [4.78, 5) is 23.6. The highest BCUT2D eigenvalue weighted by molar-refractivity contribution is 5.92. The van der Waals surface area contributed by atoms with Crippen LogP contribution in [0.2, 0.25) is 0 Å². The Morgan fingerprint density at radius 2 is 1.93 bits per heavy atom. The zero-order valence-corrected chi connectivity index (χ0v) is 16.1. The van der Waals surface area contributed by atoms with Crippen molar-refractivity contribution >= 4 is 17.5 Å². The van der Waals surface area contributed by atoms with E-state index in [4.69, 9.17) is 14.2 Å². The molecule has 4 rings (SSSR count). The number of ether oxygens (including phenoxy) is 3. The normalized spacial score (nSPS) is 18.3. The van der Waals surface area contributed by atoms with Crippen LogP contribution >= 0.6 is 0 Å². The first-order valence-corrected chi connectivity index (χ1v) is 9.41. The SMILES string of the molecule is COc1cccc(Nc2nc(C)cc(C(=O)N3CCC4(CC3)OCCO4)n2)c1. The molecule has 2 aliphatic rings. The van der Waals surface area contributed by atoms with Crippen LogP contribution in [0.4, 0.5) is 11.6 Å². The van der Waals surface area contributed by atoms with E-state index in [9.17, 15) is 4.79 Å². The maximum atomic E-state index is 13.0. The lowest BCUT2D eigenvalue weighted by Crippen LogP contribution is -2.47. The number of methoxy groups -OCH3 is 1. The van der Waals surface area contributed by atoms with Crippen molar-refractivity contribution in [1.29, 1.82) is 0 Å². The Kier molecular flexibility index (Phi) is 5.15. The second-order valence-corrected chi connectivity index (χ2v) is 6.97. The van der Waals surface area contributed by atoms with Gasteiger partial charge in [0.25, 0.3) is 5.91 Å². The molecule has 1 spiro atoms. The summed E-state index contributed by atoms with van der Waals surface area (Å²) >= 11 is 0. The lowest BCUT2D eigenvalue weighted by atomic mass is 10.0. The fraction of sp³-hybridized carbons (Fsp3) is 0.450. The second kappa shape index (κ2) is 7.73. The molecule has 1 amide bonds. The molecule has 8 heteroatoms. The summed E-state index contributed by atoms with van der Waals surface area (Å²) in [6, 6.07) is 9.18. The molecular formula is C20H24N4O4. The van der Waals surface area contributed by atoms with E-state index in [0.717, 1.165) is 17.1 Å². The van der Waals surface area contributed by atoms with Gasteiger partial charge in [0, 0.05) is 43.4 Å². The van der Waals surface area contributed by atoms with Gasteiger partial charge in [-0.2, -0.15) is 0 Å². The molecule has 0 radical (unpaired) electrons. The van der Waals surface area contributed by atoms with Crippen molar-refractivity contribution in [3.63, 3.8) is 0 Å². The highest BCUT2D eigenvalue weighted by Crippen LogP contribution is 2.31. The zero-order valence-electron chi connectivity index (χ0n) is 16.1. The van der Waals surface area contributed by atoms with Gasteiger partial charge >= 0.3 is 0 Å². The molecule has 0 saturated carbocycles. The van der Waals surface area contributed by atoms with Gasteiger partial charge in [0.15, 0.2) is 5.79 Å². The molecule has 0 aliphatic carbocycles. The molecule has 2 aromatic rings. The van der Waals surface area contributed by atoms with Crippen LogP contribution < -0.4 is 10.1 Å². The number of benzene rings is 1. The van der Waals surface area contributed by atoms with Crippen molar-refractivity contribution in [2.75, 3.05) is 38.7 Å². The van der Waals surface area contributed by atoms with Gasteiger partial charge < -0.3 is 24.4 Å². The third-order valence-electron chi connectivity index (χ3n) is 5.03. The minimum Gasteiger partial charge on any atom is -0.497 e. The molecule has 0 atom stereocenters. The van der Waals surface area contributed by atoms with Crippen LogP contribution in [0.25, 0.3) is 0 Å². The second-order valence-electron chi connectivity index (χ2n) is 6.97.